The van der Waals surface area contributed by atoms with E-state index in [4.69, 9.17) is 14.4 Å². The monoisotopic (exact) mass is 605 g/mol. The third-order valence-corrected chi connectivity index (χ3v) is 5.83. The summed E-state index contributed by atoms with van der Waals surface area (Å²) in [5, 5.41) is 6.38. The minimum Gasteiger partial charge on any atom is -0.497 e. The molecule has 2 unspecified atom stereocenters. The summed E-state index contributed by atoms with van der Waals surface area (Å²) in [6, 6.07) is 10.6. The van der Waals surface area contributed by atoms with Gasteiger partial charge in [-0.1, -0.05) is 47.0 Å². The van der Waals surface area contributed by atoms with Gasteiger partial charge in [0.1, 0.15) is 19.5 Å². The summed E-state index contributed by atoms with van der Waals surface area (Å²) in [5.74, 6) is 0.223. The minimum atomic E-state index is -1.76. The van der Waals surface area contributed by atoms with Crippen molar-refractivity contribution < 1.29 is 23.6 Å². The van der Waals surface area contributed by atoms with Gasteiger partial charge in [0.15, 0.2) is 10.9 Å². The van der Waals surface area contributed by atoms with E-state index >= 15 is 0 Å². The molecule has 0 bridgehead atoms. The molecule has 2 aromatic rings. The van der Waals surface area contributed by atoms with E-state index < -0.39 is 5.15 Å². The van der Waals surface area contributed by atoms with Gasteiger partial charge >= 0.3 is 0 Å². The van der Waals surface area contributed by atoms with E-state index in [1.807, 2.05) is 41.9 Å². The van der Waals surface area contributed by atoms with Crippen LogP contribution in [0, 0.1) is 6.92 Å². The highest BCUT2D eigenvalue weighted by Crippen LogP contribution is 2.43. The first-order valence-electron chi connectivity index (χ1n) is 9.77. The van der Waals surface area contributed by atoms with Crippen molar-refractivity contribution in [3.8, 4) is 5.75 Å². The lowest BCUT2D eigenvalue weighted by molar-refractivity contribution is -0.117. The number of rotatable bonds is 9. The number of halogens is 2. The van der Waals surface area contributed by atoms with Crippen LogP contribution in [0.1, 0.15) is 34.7 Å². The molecule has 0 saturated heterocycles. The summed E-state index contributed by atoms with van der Waals surface area (Å²) in [6.45, 7) is 3.72. The van der Waals surface area contributed by atoms with Crippen LogP contribution in [-0.2, 0) is 26.2 Å². The molecule has 2 atom stereocenters. The third-order valence-electron chi connectivity index (χ3n) is 4.77. The second-order valence-corrected chi connectivity index (χ2v) is 10.9. The zero-order valence-corrected chi connectivity index (χ0v) is 23.5. The standard InChI is InChI=1S/C22H27FIN3O4P2/c1-13-7-6-8-17(20(26-30-5)21(28)27(3)24)18(13)12-31-25-14(2)16-10-9-15(29-4)11-19(16)22(23,32)33/h6-11H,12,32-33H2,1-5H3/b25-14+,26-20+. The molecule has 2 aromatic carbocycles. The summed E-state index contributed by atoms with van der Waals surface area (Å²) in [6.07, 6.45) is 0. The molecule has 0 N–H and O–H groups in total. The Morgan fingerprint density at radius 1 is 1.18 bits per heavy atom. The zero-order chi connectivity index (χ0) is 24.8. The minimum absolute atomic E-state index is 0.0777. The molecule has 0 aliphatic rings. The van der Waals surface area contributed by atoms with E-state index in [9.17, 15) is 9.18 Å². The fraction of sp³-hybridized carbons (Fsp3) is 0.318. The lowest BCUT2D eigenvalue weighted by atomic mass is 9.98. The van der Waals surface area contributed by atoms with Crippen LogP contribution in [0.2, 0.25) is 0 Å². The highest BCUT2D eigenvalue weighted by molar-refractivity contribution is 14.1. The molecule has 178 valence electrons. The Hall–Kier alpha value is -1.83. The van der Waals surface area contributed by atoms with Gasteiger partial charge < -0.3 is 14.4 Å². The molecule has 1 amide bonds. The molecule has 0 aliphatic heterocycles. The number of ether oxygens (including phenoxy) is 1. The Bertz CT molecular complexity index is 1070. The molecule has 2 rings (SSSR count). The number of nitrogens with zero attached hydrogens (tertiary/aromatic N) is 3. The number of amides is 1. The number of carbonyl (C=O) groups is 1. The number of hydrogen-bond acceptors (Lipinski definition) is 6. The van der Waals surface area contributed by atoms with Gasteiger partial charge in [0.05, 0.1) is 35.7 Å². The lowest BCUT2D eigenvalue weighted by Gasteiger charge is -2.20. The highest BCUT2D eigenvalue weighted by Gasteiger charge is 2.25. The Balaban J connectivity index is 2.38. The van der Waals surface area contributed by atoms with Gasteiger partial charge in [-0.2, -0.15) is 0 Å². The molecular weight excluding hydrogens is 578 g/mol. The molecule has 11 heteroatoms. The quantitative estimate of drug-likeness (QED) is 0.134. The Kier molecular flexibility index (Phi) is 10.0. The molecule has 7 nitrogen and oxygen atoms in total. The van der Waals surface area contributed by atoms with Gasteiger partial charge in [-0.15, -0.1) is 0 Å². The van der Waals surface area contributed by atoms with E-state index in [0.717, 1.165) is 11.1 Å². The van der Waals surface area contributed by atoms with E-state index in [1.165, 1.54) is 17.3 Å². The lowest BCUT2D eigenvalue weighted by Crippen LogP contribution is -2.28. The SMILES string of the molecule is CO/N=C(/C(=O)N(C)I)c1cccc(C)c1CO/N=C(\C)c1ccc(OC)cc1C(F)(P)P. The van der Waals surface area contributed by atoms with Crippen LogP contribution >= 0.6 is 41.3 Å². The van der Waals surface area contributed by atoms with Crippen molar-refractivity contribution in [2.75, 3.05) is 21.3 Å². The molecular formula is C22H27FIN3O4P2. The van der Waals surface area contributed by atoms with E-state index in [1.54, 1.807) is 38.2 Å². The molecule has 0 saturated carbocycles. The maximum atomic E-state index is 14.8. The first kappa shape index (κ1) is 27.4. The number of likely N-dealkylation sites (N-methyl/N-ethyl adjacent to an activating group) is 1. The predicted octanol–water partition coefficient (Wildman–Crippen LogP) is 4.93. The average molecular weight is 605 g/mol. The topological polar surface area (TPSA) is 72.7 Å². The van der Waals surface area contributed by atoms with E-state index in [0.29, 0.717) is 28.2 Å². The van der Waals surface area contributed by atoms with Gasteiger partial charge in [-0.25, -0.2) is 4.39 Å². The van der Waals surface area contributed by atoms with Crippen molar-refractivity contribution in [1.82, 2.24) is 3.11 Å². The average Bonchev–Trinajstić information content (AvgIpc) is 2.76. The summed E-state index contributed by atoms with van der Waals surface area (Å²) >= 11 is 1.88. The highest BCUT2D eigenvalue weighted by atomic mass is 127. The molecule has 0 heterocycles. The summed E-state index contributed by atoms with van der Waals surface area (Å²) in [5.41, 5.74) is 3.83. The normalized spacial score (nSPS) is 12.4. The van der Waals surface area contributed by atoms with Gasteiger partial charge in [-0.05, 0) is 37.6 Å². The molecule has 33 heavy (non-hydrogen) atoms. The summed E-state index contributed by atoms with van der Waals surface area (Å²) in [7, 11) is 8.84. The Morgan fingerprint density at radius 3 is 2.45 bits per heavy atom. The number of benzene rings is 2. The molecule has 0 aliphatic carbocycles. The molecule has 0 spiro atoms. The fourth-order valence-electron chi connectivity index (χ4n) is 3.08. The largest absolute Gasteiger partial charge is 0.497 e. The molecule has 0 fully saturated rings. The van der Waals surface area contributed by atoms with Crippen LogP contribution in [-0.4, -0.2) is 41.7 Å². The van der Waals surface area contributed by atoms with Crippen molar-refractivity contribution in [1.29, 1.82) is 0 Å². The first-order chi connectivity index (χ1) is 15.5. The number of aryl methyl sites for hydroxylation is 1. The van der Waals surface area contributed by atoms with Crippen molar-refractivity contribution in [3.05, 3.63) is 64.2 Å². The van der Waals surface area contributed by atoms with E-state index in [2.05, 4.69) is 28.8 Å². The summed E-state index contributed by atoms with van der Waals surface area (Å²) in [4.78, 5) is 23.2. The third kappa shape index (κ3) is 7.08. The zero-order valence-electron chi connectivity index (χ0n) is 19.1. The van der Waals surface area contributed by atoms with Crippen LogP contribution in [0.4, 0.5) is 4.39 Å². The molecule has 0 aromatic heterocycles. The van der Waals surface area contributed by atoms with Gasteiger partial charge in [-0.3, -0.25) is 7.91 Å². The Morgan fingerprint density at radius 2 is 1.88 bits per heavy atom. The van der Waals surface area contributed by atoms with Crippen LogP contribution in [0.3, 0.4) is 0 Å². The van der Waals surface area contributed by atoms with Gasteiger partial charge in [0.2, 0.25) is 0 Å². The van der Waals surface area contributed by atoms with Crippen LogP contribution < -0.4 is 4.74 Å². The second kappa shape index (κ2) is 12.0. The van der Waals surface area contributed by atoms with Crippen LogP contribution in [0.15, 0.2) is 46.7 Å². The van der Waals surface area contributed by atoms with Crippen molar-refractivity contribution in [2.24, 2.45) is 10.3 Å². The van der Waals surface area contributed by atoms with Crippen LogP contribution in [0.25, 0.3) is 0 Å². The predicted molar refractivity (Wildman–Crippen MR) is 144 cm³/mol. The first-order valence-corrected chi connectivity index (χ1v) is 11.9. The summed E-state index contributed by atoms with van der Waals surface area (Å²) < 4.78 is 21.4. The second-order valence-electron chi connectivity index (χ2n) is 7.14. The Labute approximate surface area is 212 Å². The number of hydrogen-bond donors (Lipinski definition) is 0. The number of methoxy groups -OCH3 is 1. The number of carbonyl (C=O) groups excluding carboxylic acids is 1. The van der Waals surface area contributed by atoms with Crippen molar-refractivity contribution in [3.63, 3.8) is 0 Å². The number of oxime groups is 2. The van der Waals surface area contributed by atoms with Crippen LogP contribution in [0.5, 0.6) is 5.75 Å². The smallest absolute Gasteiger partial charge is 0.284 e. The number of alkyl halides is 1. The van der Waals surface area contributed by atoms with Crippen molar-refractivity contribution >= 4 is 58.7 Å². The van der Waals surface area contributed by atoms with E-state index in [-0.39, 0.29) is 18.2 Å². The maximum Gasteiger partial charge on any atom is 0.284 e. The van der Waals surface area contributed by atoms with Gasteiger partial charge in [0.25, 0.3) is 5.91 Å². The fourth-order valence-corrected chi connectivity index (χ4v) is 3.79. The maximum absolute atomic E-state index is 14.8. The van der Waals surface area contributed by atoms with Gasteiger partial charge in [0, 0.05) is 29.3 Å². The molecule has 0 radical (unpaired) electrons. The van der Waals surface area contributed by atoms with Crippen molar-refractivity contribution in [2.45, 2.75) is 25.6 Å².